The van der Waals surface area contributed by atoms with E-state index in [9.17, 15) is 13.2 Å². The third-order valence-corrected chi connectivity index (χ3v) is 7.35. The van der Waals surface area contributed by atoms with Crippen molar-refractivity contribution in [2.75, 3.05) is 24.6 Å². The van der Waals surface area contributed by atoms with Crippen molar-refractivity contribution in [3.63, 3.8) is 0 Å². The smallest absolute Gasteiger partial charge is 0.243 e. The van der Waals surface area contributed by atoms with E-state index in [0.717, 1.165) is 12.2 Å². The van der Waals surface area contributed by atoms with Crippen LogP contribution in [0.1, 0.15) is 57.0 Å². The Labute approximate surface area is 170 Å². The van der Waals surface area contributed by atoms with Crippen LogP contribution in [0, 0.1) is 0 Å². The van der Waals surface area contributed by atoms with Crippen LogP contribution in [-0.2, 0) is 14.8 Å². The maximum atomic E-state index is 13.4. The van der Waals surface area contributed by atoms with Gasteiger partial charge in [0.05, 0.1) is 23.2 Å². The van der Waals surface area contributed by atoms with Crippen molar-refractivity contribution in [3.05, 3.63) is 35.7 Å². The summed E-state index contributed by atoms with van der Waals surface area (Å²) in [4.78, 5) is 13.6. The molecule has 8 nitrogen and oxygen atoms in total. The maximum absolute atomic E-state index is 13.4. The first-order chi connectivity index (χ1) is 13.8. The molecular formula is C20H25N3O5S. The average Bonchev–Trinajstić information content (AvgIpc) is 3.36. The molecule has 2 aliphatic heterocycles. The SMILES string of the molecule is CC(=O)N1CCOc2cc(S(=O)(=O)N3CCC[C@@H]3c3cc(C(C)C)on3)ccc21. The minimum absolute atomic E-state index is 0.100. The Morgan fingerprint density at radius 2 is 2.03 bits per heavy atom. The third kappa shape index (κ3) is 3.53. The van der Waals surface area contributed by atoms with Gasteiger partial charge < -0.3 is 14.2 Å². The second-order valence-corrected chi connectivity index (χ2v) is 9.62. The van der Waals surface area contributed by atoms with Crippen LogP contribution >= 0.6 is 0 Å². The van der Waals surface area contributed by atoms with Gasteiger partial charge in [0, 0.05) is 31.5 Å². The number of fused-ring (bicyclic) bond motifs is 1. The van der Waals surface area contributed by atoms with Crippen molar-refractivity contribution in [2.45, 2.75) is 50.5 Å². The minimum atomic E-state index is -3.75. The van der Waals surface area contributed by atoms with Crippen molar-refractivity contribution >= 4 is 21.6 Å². The van der Waals surface area contributed by atoms with Crippen LogP contribution < -0.4 is 9.64 Å². The number of carbonyl (C=O) groups excluding carboxylic acids is 1. The second-order valence-electron chi connectivity index (χ2n) is 7.73. The van der Waals surface area contributed by atoms with Gasteiger partial charge in [0.15, 0.2) is 0 Å². The molecule has 1 atom stereocenters. The number of hydrogen-bond acceptors (Lipinski definition) is 6. The van der Waals surface area contributed by atoms with E-state index in [2.05, 4.69) is 5.16 Å². The van der Waals surface area contributed by atoms with Crippen LogP contribution in [0.4, 0.5) is 5.69 Å². The second kappa shape index (κ2) is 7.46. The van der Waals surface area contributed by atoms with E-state index in [1.165, 1.54) is 23.4 Å². The Balaban J connectivity index is 1.66. The third-order valence-electron chi connectivity index (χ3n) is 5.44. The number of anilines is 1. The van der Waals surface area contributed by atoms with Crippen molar-refractivity contribution < 1.29 is 22.5 Å². The molecule has 2 aromatic rings. The number of hydrogen-bond donors (Lipinski definition) is 0. The first-order valence-electron chi connectivity index (χ1n) is 9.82. The molecule has 1 aromatic carbocycles. The summed E-state index contributed by atoms with van der Waals surface area (Å²) < 4.78 is 39.3. The monoisotopic (exact) mass is 419 g/mol. The molecular weight excluding hydrogens is 394 g/mol. The maximum Gasteiger partial charge on any atom is 0.243 e. The molecule has 1 saturated heterocycles. The lowest BCUT2D eigenvalue weighted by atomic mass is 10.1. The number of ether oxygens (including phenoxy) is 1. The molecule has 0 saturated carbocycles. The highest BCUT2D eigenvalue weighted by Crippen LogP contribution is 2.39. The number of nitrogens with zero attached hydrogens (tertiary/aromatic N) is 3. The number of rotatable bonds is 4. The molecule has 3 heterocycles. The predicted octanol–water partition coefficient (Wildman–Crippen LogP) is 3.07. The van der Waals surface area contributed by atoms with Crippen LogP contribution in [0.3, 0.4) is 0 Å². The van der Waals surface area contributed by atoms with Gasteiger partial charge in [-0.05, 0) is 25.0 Å². The molecule has 0 aliphatic carbocycles. The summed E-state index contributed by atoms with van der Waals surface area (Å²) in [5.41, 5.74) is 1.24. The molecule has 29 heavy (non-hydrogen) atoms. The van der Waals surface area contributed by atoms with Crippen LogP contribution in [0.5, 0.6) is 5.75 Å². The number of amides is 1. The summed E-state index contributed by atoms with van der Waals surface area (Å²) in [6.07, 6.45) is 1.45. The largest absolute Gasteiger partial charge is 0.489 e. The minimum Gasteiger partial charge on any atom is -0.489 e. The molecule has 0 radical (unpaired) electrons. The van der Waals surface area contributed by atoms with Gasteiger partial charge in [0.25, 0.3) is 0 Å². The first-order valence-corrected chi connectivity index (χ1v) is 11.3. The van der Waals surface area contributed by atoms with Crippen LogP contribution in [-0.4, -0.2) is 43.5 Å². The standard InChI is InChI=1S/C20H25N3O5S/c1-13(2)19-12-16(21-28-19)17-5-4-8-23(17)29(25,26)15-6-7-18-20(11-15)27-10-9-22(18)14(3)24/h6-7,11-13,17H,4-5,8-10H2,1-3H3/t17-/m1/s1. The van der Waals surface area contributed by atoms with E-state index < -0.39 is 10.0 Å². The molecule has 0 spiro atoms. The number of sulfonamides is 1. The van der Waals surface area contributed by atoms with E-state index >= 15 is 0 Å². The van der Waals surface area contributed by atoms with E-state index in [1.807, 2.05) is 19.9 Å². The van der Waals surface area contributed by atoms with Crippen molar-refractivity contribution in [3.8, 4) is 5.75 Å². The highest BCUT2D eigenvalue weighted by Gasteiger charge is 2.38. The Morgan fingerprint density at radius 1 is 1.24 bits per heavy atom. The van der Waals surface area contributed by atoms with Gasteiger partial charge in [-0.25, -0.2) is 8.42 Å². The zero-order valence-electron chi connectivity index (χ0n) is 16.8. The van der Waals surface area contributed by atoms with Gasteiger partial charge >= 0.3 is 0 Å². The quantitative estimate of drug-likeness (QED) is 0.756. The van der Waals surface area contributed by atoms with Gasteiger partial charge in [-0.2, -0.15) is 4.31 Å². The summed E-state index contributed by atoms with van der Waals surface area (Å²) in [6.45, 7) is 6.70. The summed E-state index contributed by atoms with van der Waals surface area (Å²) in [6, 6.07) is 6.19. The fraction of sp³-hybridized carbons (Fsp3) is 0.500. The molecule has 1 aromatic heterocycles. The van der Waals surface area contributed by atoms with Gasteiger partial charge in [0.1, 0.15) is 23.8 Å². The highest BCUT2D eigenvalue weighted by molar-refractivity contribution is 7.89. The Kier molecular flexibility index (Phi) is 5.12. The Bertz CT molecular complexity index is 1030. The van der Waals surface area contributed by atoms with Crippen molar-refractivity contribution in [1.29, 1.82) is 0 Å². The lowest BCUT2D eigenvalue weighted by Crippen LogP contribution is -2.36. The van der Waals surface area contributed by atoms with Crippen LogP contribution in [0.2, 0.25) is 0 Å². The average molecular weight is 420 g/mol. The topological polar surface area (TPSA) is 93.0 Å². The van der Waals surface area contributed by atoms with E-state index in [0.29, 0.717) is 43.2 Å². The van der Waals surface area contributed by atoms with Crippen molar-refractivity contribution in [1.82, 2.24) is 9.46 Å². The lowest BCUT2D eigenvalue weighted by molar-refractivity contribution is -0.116. The van der Waals surface area contributed by atoms with Gasteiger partial charge in [-0.15, -0.1) is 0 Å². The van der Waals surface area contributed by atoms with E-state index in [-0.39, 0.29) is 22.8 Å². The predicted molar refractivity (Wildman–Crippen MR) is 106 cm³/mol. The lowest BCUT2D eigenvalue weighted by Gasteiger charge is -2.29. The molecule has 1 fully saturated rings. The first kappa shape index (κ1) is 19.9. The Morgan fingerprint density at radius 3 is 2.72 bits per heavy atom. The highest BCUT2D eigenvalue weighted by atomic mass is 32.2. The molecule has 0 unspecified atom stereocenters. The molecule has 2 aliphatic rings. The fourth-order valence-electron chi connectivity index (χ4n) is 3.88. The molecule has 1 amide bonds. The summed E-state index contributed by atoms with van der Waals surface area (Å²) in [5, 5.41) is 4.13. The number of benzene rings is 1. The van der Waals surface area contributed by atoms with Crippen molar-refractivity contribution in [2.24, 2.45) is 0 Å². The molecule has 0 N–H and O–H groups in total. The van der Waals surface area contributed by atoms with Crippen LogP contribution in [0.25, 0.3) is 0 Å². The molecule has 4 rings (SSSR count). The Hall–Kier alpha value is -2.39. The summed E-state index contributed by atoms with van der Waals surface area (Å²) >= 11 is 0. The molecule has 156 valence electrons. The fourth-order valence-corrected chi connectivity index (χ4v) is 5.56. The molecule has 0 bridgehead atoms. The zero-order chi connectivity index (χ0) is 20.8. The zero-order valence-corrected chi connectivity index (χ0v) is 17.6. The normalized spacial score (nSPS) is 20.0. The number of carbonyl (C=O) groups is 1. The van der Waals surface area contributed by atoms with Gasteiger partial charge in [-0.3, -0.25) is 4.79 Å². The summed E-state index contributed by atoms with van der Waals surface area (Å²) in [5.74, 6) is 1.24. The van der Waals surface area contributed by atoms with Gasteiger partial charge in [-0.1, -0.05) is 19.0 Å². The molecule has 9 heteroatoms. The summed E-state index contributed by atoms with van der Waals surface area (Å²) in [7, 11) is -3.75. The van der Waals surface area contributed by atoms with E-state index in [1.54, 1.807) is 11.0 Å². The van der Waals surface area contributed by atoms with E-state index in [4.69, 9.17) is 9.26 Å². The number of aromatic nitrogens is 1. The van der Waals surface area contributed by atoms with Crippen LogP contribution in [0.15, 0.2) is 33.7 Å². The van der Waals surface area contributed by atoms with Gasteiger partial charge in [0.2, 0.25) is 15.9 Å².